The number of carboxylic acid groups (broad SMARTS) is 2. The van der Waals surface area contributed by atoms with Gasteiger partial charge in [0.2, 0.25) is 59.3 Å². The van der Waals surface area contributed by atoms with Crippen LogP contribution in [0.25, 0.3) is 11.1 Å². The zero-order valence-electron chi connectivity index (χ0n) is 64.5. The lowest BCUT2D eigenvalue weighted by Crippen LogP contribution is -2.65. The van der Waals surface area contributed by atoms with Crippen LogP contribution in [-0.4, -0.2) is 214 Å². The fourth-order valence-electron chi connectivity index (χ4n) is 14.2. The smallest absolute Gasteiger partial charge is 0.326 e. The van der Waals surface area contributed by atoms with Gasteiger partial charge in [-0.1, -0.05) is 73.5 Å². The average molecular weight is 1710 g/mol. The summed E-state index contributed by atoms with van der Waals surface area (Å²) in [5, 5.41) is 145. The number of phenols is 3. The molecule has 13 rings (SSSR count). The number of ether oxygens (including phenoxy) is 7. The molecule has 7 aliphatic rings. The Labute approximate surface area is 693 Å². The monoisotopic (exact) mass is 1710 g/mol. The molecule has 23 N–H and O–H groups in total. The maximum atomic E-state index is 16.3. The Morgan fingerprint density at radius 1 is 0.725 bits per heavy atom. The zero-order valence-corrected chi connectivity index (χ0v) is 66.0. The van der Waals surface area contributed by atoms with Gasteiger partial charge in [-0.05, 0) is 133 Å². The summed E-state index contributed by atoms with van der Waals surface area (Å²) in [6, 6.07) is 2.95. The van der Waals surface area contributed by atoms with Crippen LogP contribution in [0.2, 0.25) is 10.0 Å². The first-order chi connectivity index (χ1) is 56.8. The zero-order chi connectivity index (χ0) is 87.2. The van der Waals surface area contributed by atoms with E-state index in [1.165, 1.54) is 6.07 Å². The molecule has 0 aromatic heterocycles. The van der Waals surface area contributed by atoms with Crippen LogP contribution in [0.5, 0.6) is 51.7 Å². The Bertz CT molecular complexity index is 4950. The number of nitrogens with one attached hydrogen (secondary N) is 8. The van der Waals surface area contributed by atoms with Crippen molar-refractivity contribution in [1.82, 2.24) is 42.5 Å². The van der Waals surface area contributed by atoms with E-state index in [-0.39, 0.29) is 24.1 Å². The highest BCUT2D eigenvalue weighted by Gasteiger charge is 2.52. The topological polar surface area (TPSA) is 606 Å². The number of rotatable bonds is 23. The summed E-state index contributed by atoms with van der Waals surface area (Å²) in [5.41, 5.74) is 8.05. The average Bonchev–Trinajstić information content (AvgIpc) is 0.754. The highest BCUT2D eigenvalue weighted by atomic mass is 35.5. The van der Waals surface area contributed by atoms with Gasteiger partial charge in [0.15, 0.2) is 23.9 Å². The third-order valence-electron chi connectivity index (χ3n) is 20.8. The second-order valence-corrected chi connectivity index (χ2v) is 30.7. The molecular formula is C80H90Cl2N10O28. The quantitative estimate of drug-likeness (QED) is 0.0320. The summed E-state index contributed by atoms with van der Waals surface area (Å²) in [4.78, 5) is 144. The Hall–Kier alpha value is -11.5. The van der Waals surface area contributed by atoms with Crippen molar-refractivity contribution in [2.24, 2.45) is 17.4 Å². The van der Waals surface area contributed by atoms with Crippen LogP contribution in [0.15, 0.2) is 116 Å². The lowest BCUT2D eigenvalue weighted by atomic mass is 9.84. The summed E-state index contributed by atoms with van der Waals surface area (Å²) in [6.45, 7) is 9.59. The van der Waals surface area contributed by atoms with Gasteiger partial charge < -0.3 is 143 Å². The molecule has 0 unspecified atom stereocenters. The maximum Gasteiger partial charge on any atom is 0.326 e. The number of primary amides is 1. The second kappa shape index (κ2) is 37.8. The second-order valence-electron chi connectivity index (χ2n) is 29.8. The molecule has 7 heterocycles. The third kappa shape index (κ3) is 20.2. The predicted octanol–water partition coefficient (Wildman–Crippen LogP) is 1.59. The first-order valence-electron chi connectivity index (χ1n) is 37.7. The number of carbonyl (C=O) groups is 10. The SMILES string of the molecule is C=CCCOc1cccc(CN[C@@]2(C)C[C@H](O[C@H]3[C@H](Oc4c5cc6cc4Oc4ccc(cc4Cl)[C@@H](O)[C@@H](NC(=O)[C@@H](N)C(C)C)C(=O)N[C@@H](CC(N)=O)C(=O)N[C@H]6C(=O)N[C@H]4C(=O)N[C@H](C(=O)N[C@H](C(=O)N[C@@H](CCC(=O)O)C(=O)O)c6cc(O)cc(O)c6-c6cc4ccc6O)[C@H](O)c4ccc(c(Cl)c4)O5)O[C@H](CO)[C@@H](O)[C@@H]3O)O[C@@H](C)[C@H]2O)c1. The lowest BCUT2D eigenvalue weighted by Gasteiger charge is -2.48. The van der Waals surface area contributed by atoms with E-state index in [0.717, 1.165) is 72.3 Å². The number of aliphatic hydroxyl groups is 6. The van der Waals surface area contributed by atoms with Gasteiger partial charge in [0.25, 0.3) is 0 Å². The van der Waals surface area contributed by atoms with E-state index in [9.17, 15) is 84.9 Å². The van der Waals surface area contributed by atoms with E-state index < -0.39 is 290 Å². The van der Waals surface area contributed by atoms with E-state index in [1.54, 1.807) is 52.0 Å². The van der Waals surface area contributed by atoms with Crippen LogP contribution in [0, 0.1) is 5.92 Å². The Morgan fingerprint density at radius 2 is 1.37 bits per heavy atom. The molecule has 0 radical (unpaired) electrons. The van der Waals surface area contributed by atoms with Crippen molar-refractivity contribution in [3.05, 3.63) is 159 Å². The number of nitrogens with two attached hydrogens (primary N) is 2. The summed E-state index contributed by atoms with van der Waals surface area (Å²) < 4.78 is 45.2. The van der Waals surface area contributed by atoms with Crippen molar-refractivity contribution in [1.29, 1.82) is 0 Å². The summed E-state index contributed by atoms with van der Waals surface area (Å²) in [6.07, 6.45) is -18.7. The molecule has 19 atom stereocenters. The van der Waals surface area contributed by atoms with Gasteiger partial charge in [0.1, 0.15) is 107 Å². The Balaban J connectivity index is 1.12. The molecule has 38 nitrogen and oxygen atoms in total. The standard InChI is InChI=1S/C80H90Cl2N10O28/c1-6-7-19-114-40-10-8-9-34(20-40)30-85-80(5)29-56(115-33(4)70(80)104)119-69-67(103)66(102)53(31-93)118-79(69)120-68-51-24-38-25-52(68)117-50-17-13-37(23-44(50)82)65(101)63-77(111)90-61(75(109)86-45(78(112)113)14-18-55(98)99)42-26-39(94)27-48(96)57(42)41-21-35(11-15-47(41)95)59(73(107)92-63)89-74(108)60(38)88-71(105)46(28-54(83)97)87-76(110)62(91-72(106)58(84)32(2)3)64(100)36-12-16-49(116-51)43(81)22-36/h6,8-13,15-17,20-27,32-33,45-46,53,56,58-67,69-70,79,85,93-96,100-104H,1,7,14,18-19,28-31,84H2,2-5H3,(H2,83,97)(H,86,109)(H,87,110)(H,88,105)(H,89,108)(H,90,111)(H,91,106)(H,92,107)(H,98,99)(H,112,113)/t33-,45-,46-,53+,56-,58-,59+,60+,61-,62+,63-,64+,65+,66+,67-,69+,70+,79-,80-/m0/s1. The third-order valence-corrected chi connectivity index (χ3v) is 21.4. The number of halogens is 2. The molecule has 642 valence electrons. The van der Waals surface area contributed by atoms with Gasteiger partial charge in [-0.25, -0.2) is 4.79 Å². The van der Waals surface area contributed by atoms with Crippen LogP contribution < -0.4 is 72.9 Å². The molecule has 0 saturated carbocycles. The first-order valence-corrected chi connectivity index (χ1v) is 38.5. The Kier molecular flexibility index (Phi) is 28.2. The van der Waals surface area contributed by atoms with Crippen LogP contribution in [0.4, 0.5) is 0 Å². The highest BCUT2D eigenvalue weighted by Crippen LogP contribution is 2.50. The number of phenolic OH excluding ortho intramolecular Hbond substituents is 3. The van der Waals surface area contributed by atoms with Crippen molar-refractivity contribution in [3.63, 3.8) is 0 Å². The van der Waals surface area contributed by atoms with Gasteiger partial charge >= 0.3 is 11.9 Å². The fourth-order valence-corrected chi connectivity index (χ4v) is 14.7. The van der Waals surface area contributed by atoms with Gasteiger partial charge in [-0.15, -0.1) is 6.58 Å². The van der Waals surface area contributed by atoms with E-state index in [0.29, 0.717) is 24.8 Å². The molecule has 6 aromatic rings. The number of amides is 8. The molecule has 40 heteroatoms. The van der Waals surface area contributed by atoms with Crippen molar-refractivity contribution >= 4 is 82.4 Å². The lowest BCUT2D eigenvalue weighted by molar-refractivity contribution is -0.334. The molecule has 8 amide bonds. The summed E-state index contributed by atoms with van der Waals surface area (Å²) >= 11 is 14.3. The number of benzene rings is 6. The van der Waals surface area contributed by atoms with Crippen LogP contribution in [0.1, 0.15) is 124 Å². The Morgan fingerprint density at radius 3 is 1.99 bits per heavy atom. The largest absolute Gasteiger partial charge is 0.508 e. The fraction of sp³-hybridized carbons (Fsp3) is 0.400. The van der Waals surface area contributed by atoms with Gasteiger partial charge in [0.05, 0.1) is 47.9 Å². The van der Waals surface area contributed by atoms with Crippen LogP contribution >= 0.6 is 23.2 Å². The van der Waals surface area contributed by atoms with Crippen molar-refractivity contribution in [3.8, 4) is 62.9 Å². The number of aromatic hydroxyl groups is 3. The number of aliphatic hydroxyl groups excluding tert-OH is 6. The number of fused-ring (bicyclic) bond motifs is 15. The maximum absolute atomic E-state index is 16.3. The molecule has 6 aromatic carbocycles. The molecule has 120 heavy (non-hydrogen) atoms. The molecule has 2 saturated heterocycles. The highest BCUT2D eigenvalue weighted by molar-refractivity contribution is 6.32. The van der Waals surface area contributed by atoms with E-state index in [4.69, 9.17) is 67.8 Å². The molecule has 0 spiro atoms. The number of carboxylic acids is 2. The molecule has 7 aliphatic heterocycles. The van der Waals surface area contributed by atoms with Crippen molar-refractivity contribution in [2.45, 2.75) is 182 Å². The minimum absolute atomic E-state index is 0.151. The van der Waals surface area contributed by atoms with E-state index >= 15 is 19.2 Å². The van der Waals surface area contributed by atoms with Gasteiger partial charge in [0, 0.05) is 42.1 Å². The molecule has 2 fully saturated rings. The number of aliphatic carboxylic acids is 2. The first kappa shape index (κ1) is 89.3. The summed E-state index contributed by atoms with van der Waals surface area (Å²) in [7, 11) is 0. The molecule has 0 aliphatic carbocycles. The van der Waals surface area contributed by atoms with Crippen molar-refractivity contribution in [2.75, 3.05) is 13.2 Å². The number of hydrogen-bond acceptors (Lipinski definition) is 28. The predicted molar refractivity (Wildman–Crippen MR) is 418 cm³/mol. The molecular weight excluding hydrogens is 1620 g/mol. The normalized spacial score (nSPS) is 26.7. The van der Waals surface area contributed by atoms with E-state index in [2.05, 4.69) is 49.1 Å². The van der Waals surface area contributed by atoms with Crippen LogP contribution in [-0.2, 0) is 68.7 Å². The van der Waals surface area contributed by atoms with Crippen LogP contribution in [0.3, 0.4) is 0 Å². The number of carbonyl (C=O) groups excluding carboxylic acids is 8. The van der Waals surface area contributed by atoms with E-state index in [1.807, 2.05) is 6.07 Å². The van der Waals surface area contributed by atoms with Crippen molar-refractivity contribution < 1.29 is 137 Å². The van der Waals surface area contributed by atoms with Gasteiger partial charge in [-0.2, -0.15) is 0 Å². The minimum Gasteiger partial charge on any atom is -0.508 e. The van der Waals surface area contributed by atoms with Gasteiger partial charge in [-0.3, -0.25) is 43.2 Å². The number of hydrogen-bond donors (Lipinski definition) is 21. The summed E-state index contributed by atoms with van der Waals surface area (Å²) in [5.74, 6) is -20.0. The minimum atomic E-state index is -2.44. The molecule has 11 bridgehead atoms.